The highest BCUT2D eigenvalue weighted by atomic mass is 28.1. The van der Waals surface area contributed by atoms with Crippen LogP contribution in [0.25, 0.3) is 0 Å². The Morgan fingerprint density at radius 1 is 0.458 bits per heavy atom. The molecule has 0 saturated heterocycles. The molecule has 0 aromatic rings. The minimum absolute atomic E-state index is 0.755. The topological polar surface area (TPSA) is 0 Å². The lowest BCUT2D eigenvalue weighted by atomic mass is 9.92. The molecule has 0 spiro atoms. The molecule has 0 heterocycles. The fourth-order valence-corrected chi connectivity index (χ4v) is 1.55. The maximum Gasteiger partial charge on any atom is 0.460 e. The molecule has 0 N–H and O–H groups in total. The van der Waals surface area contributed by atoms with Gasteiger partial charge in [0.1, 0.15) is 10.2 Å². The van der Waals surface area contributed by atoms with Crippen LogP contribution in [-0.4, -0.2) is 51.6 Å². The molecular weight excluding hydrogens is 409 g/mol. The van der Waals surface area contributed by atoms with Gasteiger partial charge in [-0.2, -0.15) is 57.1 Å². The third-order valence-electron chi connectivity index (χ3n) is 2.48. The average molecular weight is 413 g/mol. The van der Waals surface area contributed by atoms with Crippen molar-refractivity contribution in [3.63, 3.8) is 0 Å². The predicted octanol–water partition coefficient (Wildman–Crippen LogP) is 4.34. The quantitative estimate of drug-likeness (QED) is 0.449. The van der Waals surface area contributed by atoms with E-state index in [-0.39, 0.29) is 0 Å². The van der Waals surface area contributed by atoms with Gasteiger partial charge >= 0.3 is 35.8 Å². The maximum atomic E-state index is 12.9. The standard InChI is InChI=1S/C8H4F15Si/c9-2(10,1-3(11,12)24)4(13,14)5(15,16)6(17,18)7(19,20)8(21,22)23/h1,24H2. The Morgan fingerprint density at radius 2 is 0.750 bits per heavy atom. The number of hydrogen-bond donors (Lipinski definition) is 0. The Kier molecular flexibility index (Phi) is 5.39. The smallest absolute Gasteiger partial charge is 0.213 e. The first-order chi connectivity index (χ1) is 9.96. The van der Waals surface area contributed by atoms with Gasteiger partial charge in [0, 0.05) is 0 Å². The zero-order valence-electron chi connectivity index (χ0n) is 10.6. The summed E-state index contributed by atoms with van der Waals surface area (Å²) in [7, 11) is -0.755. The van der Waals surface area contributed by atoms with Gasteiger partial charge in [-0.25, -0.2) is 8.78 Å². The highest BCUT2D eigenvalue weighted by Crippen LogP contribution is 2.61. The predicted molar refractivity (Wildman–Crippen MR) is 48.9 cm³/mol. The van der Waals surface area contributed by atoms with Crippen LogP contribution in [0, 0.1) is 0 Å². The number of hydrogen-bond acceptors (Lipinski definition) is 0. The zero-order chi connectivity index (χ0) is 20.2. The van der Waals surface area contributed by atoms with Gasteiger partial charge in [0.25, 0.3) is 0 Å². The molecular formula is C8H4F15Si. The Bertz CT molecular complexity index is 455. The molecule has 0 nitrogen and oxygen atoms in total. The minimum atomic E-state index is -8.07. The highest BCUT2D eigenvalue weighted by Gasteiger charge is 2.90. The highest BCUT2D eigenvalue weighted by molar-refractivity contribution is 6.13. The molecule has 0 unspecified atom stereocenters. The summed E-state index contributed by atoms with van der Waals surface area (Å²) in [5.74, 6) is -38.4. The van der Waals surface area contributed by atoms with E-state index in [1.54, 1.807) is 0 Å². The van der Waals surface area contributed by atoms with Gasteiger partial charge in [-0.15, -0.1) is 0 Å². The first-order valence-electron chi connectivity index (χ1n) is 5.15. The first-order valence-corrected chi connectivity index (χ1v) is 5.85. The van der Waals surface area contributed by atoms with Gasteiger partial charge in [-0.1, -0.05) is 0 Å². The van der Waals surface area contributed by atoms with E-state index in [4.69, 9.17) is 0 Å². The van der Waals surface area contributed by atoms with Crippen LogP contribution in [0.2, 0.25) is 0 Å². The summed E-state index contributed by atoms with van der Waals surface area (Å²) < 4.78 is 187. The van der Waals surface area contributed by atoms with E-state index in [1.165, 1.54) is 0 Å². The lowest BCUT2D eigenvalue weighted by molar-refractivity contribution is -0.441. The van der Waals surface area contributed by atoms with Crippen LogP contribution in [0.15, 0.2) is 0 Å². The molecule has 1 radical (unpaired) electrons. The summed E-state index contributed by atoms with van der Waals surface area (Å²) in [6, 6.07) is 0. The fourth-order valence-electron chi connectivity index (χ4n) is 1.24. The molecule has 0 aliphatic rings. The van der Waals surface area contributed by atoms with Crippen LogP contribution >= 0.6 is 0 Å². The Labute approximate surface area is 125 Å². The minimum Gasteiger partial charge on any atom is -0.213 e. The van der Waals surface area contributed by atoms with Crippen LogP contribution in [0.5, 0.6) is 0 Å². The van der Waals surface area contributed by atoms with Crippen LogP contribution in [0.1, 0.15) is 6.42 Å². The van der Waals surface area contributed by atoms with E-state index in [2.05, 4.69) is 0 Å². The Hall–Kier alpha value is -0.833. The molecule has 0 aromatic heterocycles. The van der Waals surface area contributed by atoms with E-state index in [9.17, 15) is 65.9 Å². The van der Waals surface area contributed by atoms with Crippen molar-refractivity contribution in [3.05, 3.63) is 0 Å². The number of alkyl halides is 15. The van der Waals surface area contributed by atoms with E-state index in [0.29, 0.717) is 0 Å². The molecule has 0 aliphatic heterocycles. The van der Waals surface area contributed by atoms with Gasteiger partial charge in [-0.3, -0.25) is 0 Å². The van der Waals surface area contributed by atoms with Crippen LogP contribution in [-0.2, 0) is 0 Å². The lowest BCUT2D eigenvalue weighted by Crippen LogP contribution is -2.70. The summed E-state index contributed by atoms with van der Waals surface area (Å²) in [5, 5.41) is 0. The molecule has 0 saturated carbocycles. The second-order valence-electron chi connectivity index (χ2n) is 4.53. The normalized spacial score (nSPS) is 16.5. The number of rotatable bonds is 6. The van der Waals surface area contributed by atoms with Crippen LogP contribution in [0.4, 0.5) is 65.9 Å². The van der Waals surface area contributed by atoms with Crippen molar-refractivity contribution in [1.82, 2.24) is 0 Å². The summed E-state index contributed by atoms with van der Waals surface area (Å²) >= 11 is 0. The van der Waals surface area contributed by atoms with Gasteiger partial charge in [-0.05, 0) is 0 Å². The molecule has 0 aromatic carbocycles. The zero-order valence-corrected chi connectivity index (χ0v) is 12.0. The van der Waals surface area contributed by atoms with Crippen molar-refractivity contribution in [1.29, 1.82) is 0 Å². The van der Waals surface area contributed by atoms with Gasteiger partial charge < -0.3 is 0 Å². The summed E-state index contributed by atoms with van der Waals surface area (Å²) in [4.78, 5) is 0. The van der Waals surface area contributed by atoms with Gasteiger partial charge in [0.15, 0.2) is 0 Å². The molecule has 145 valence electrons. The van der Waals surface area contributed by atoms with Crippen LogP contribution in [0.3, 0.4) is 0 Å². The first kappa shape index (κ1) is 23.2. The molecule has 16 heteroatoms. The van der Waals surface area contributed by atoms with Gasteiger partial charge in [0.05, 0.1) is 6.42 Å². The number of halogens is 15. The fraction of sp³-hybridized carbons (Fsp3) is 1.00. The second kappa shape index (κ2) is 5.59. The summed E-state index contributed by atoms with van der Waals surface area (Å²) in [5.41, 5.74) is -4.84. The molecule has 0 bridgehead atoms. The third kappa shape index (κ3) is 3.42. The molecule has 24 heavy (non-hydrogen) atoms. The summed E-state index contributed by atoms with van der Waals surface area (Å²) in [6.45, 7) is 0. The van der Waals surface area contributed by atoms with Crippen molar-refractivity contribution >= 4 is 10.2 Å². The lowest BCUT2D eigenvalue weighted by Gasteiger charge is -2.40. The molecule has 0 rings (SSSR count). The Morgan fingerprint density at radius 3 is 1.00 bits per heavy atom. The van der Waals surface area contributed by atoms with Crippen molar-refractivity contribution in [2.45, 2.75) is 47.8 Å². The Balaban J connectivity index is 6.21. The van der Waals surface area contributed by atoms with E-state index in [0.717, 1.165) is 0 Å². The third-order valence-corrected chi connectivity index (χ3v) is 2.73. The second-order valence-corrected chi connectivity index (χ2v) is 5.57. The molecule has 0 atom stereocenters. The molecule has 0 fully saturated rings. The largest absolute Gasteiger partial charge is 0.460 e. The van der Waals surface area contributed by atoms with Crippen LogP contribution < -0.4 is 0 Å². The van der Waals surface area contributed by atoms with E-state index >= 15 is 0 Å². The molecule has 0 amide bonds. The van der Waals surface area contributed by atoms with E-state index < -0.39 is 58.0 Å². The molecule has 0 aliphatic carbocycles. The van der Waals surface area contributed by atoms with Crippen molar-refractivity contribution in [2.24, 2.45) is 0 Å². The van der Waals surface area contributed by atoms with Crippen molar-refractivity contribution in [2.75, 3.05) is 0 Å². The summed E-state index contributed by atoms with van der Waals surface area (Å²) in [6.07, 6.45) is -11.0. The van der Waals surface area contributed by atoms with Gasteiger partial charge in [0.2, 0.25) is 5.55 Å². The average Bonchev–Trinajstić information content (AvgIpc) is 2.22. The SMILES string of the molecule is FC(F)([SiH2])CC(F)(F)C(F)(F)C(F)(F)C(F)(F)C(F)(F)C(F)(F)F. The van der Waals surface area contributed by atoms with E-state index in [1.807, 2.05) is 0 Å². The van der Waals surface area contributed by atoms with Crippen molar-refractivity contribution in [3.8, 4) is 0 Å². The maximum absolute atomic E-state index is 12.9. The monoisotopic (exact) mass is 413 g/mol. The van der Waals surface area contributed by atoms with Crippen molar-refractivity contribution < 1.29 is 65.9 Å².